The van der Waals surface area contributed by atoms with Gasteiger partial charge in [0, 0.05) is 49.1 Å². The molecule has 1 aliphatic rings. The van der Waals surface area contributed by atoms with Crippen molar-refractivity contribution in [3.05, 3.63) is 108 Å². The highest BCUT2D eigenvalue weighted by molar-refractivity contribution is 5.94. The maximum atomic E-state index is 13.2. The Balaban J connectivity index is 1.20. The SMILES string of the molecule is O=C(Cc1cccc(-c2cc(Nc3ccc(C(=O)N4CCOCC4)cn3)c3nccn3c2)c1)Nc1ccc(F)cc1. The molecule has 0 radical (unpaired) electrons. The van der Waals surface area contributed by atoms with Gasteiger partial charge >= 0.3 is 0 Å². The lowest BCUT2D eigenvalue weighted by Crippen LogP contribution is -2.40. The summed E-state index contributed by atoms with van der Waals surface area (Å²) in [6.07, 6.45) is 7.30. The van der Waals surface area contributed by atoms with E-state index in [1.54, 1.807) is 29.4 Å². The van der Waals surface area contributed by atoms with Crippen LogP contribution in [0.4, 0.5) is 21.6 Å². The average molecular weight is 551 g/mol. The van der Waals surface area contributed by atoms with E-state index in [4.69, 9.17) is 4.74 Å². The van der Waals surface area contributed by atoms with E-state index in [0.29, 0.717) is 43.4 Å². The molecule has 0 unspecified atom stereocenters. The molecule has 41 heavy (non-hydrogen) atoms. The first-order chi connectivity index (χ1) is 20.0. The van der Waals surface area contributed by atoms with Crippen LogP contribution in [0.5, 0.6) is 0 Å². The summed E-state index contributed by atoms with van der Waals surface area (Å²) in [6, 6.07) is 19.0. The molecular formula is C31H27FN6O3. The number of benzene rings is 2. The summed E-state index contributed by atoms with van der Waals surface area (Å²) in [5.74, 6) is -0.0260. The van der Waals surface area contributed by atoms with E-state index in [9.17, 15) is 14.0 Å². The number of fused-ring (bicyclic) bond motifs is 1. The maximum Gasteiger partial charge on any atom is 0.255 e. The van der Waals surface area contributed by atoms with Gasteiger partial charge in [-0.25, -0.2) is 14.4 Å². The summed E-state index contributed by atoms with van der Waals surface area (Å²) in [5, 5.41) is 6.14. The van der Waals surface area contributed by atoms with Crippen LogP contribution in [0.15, 0.2) is 91.5 Å². The first kappa shape index (κ1) is 26.1. The summed E-state index contributed by atoms with van der Waals surface area (Å²) in [7, 11) is 0. The molecule has 10 heteroatoms. The van der Waals surface area contributed by atoms with Gasteiger partial charge in [-0.2, -0.15) is 0 Å². The van der Waals surface area contributed by atoms with Crippen LogP contribution in [0, 0.1) is 5.82 Å². The van der Waals surface area contributed by atoms with Crippen molar-refractivity contribution in [3.8, 4) is 11.1 Å². The number of morpholine rings is 1. The Morgan fingerprint density at radius 3 is 2.56 bits per heavy atom. The van der Waals surface area contributed by atoms with Crippen LogP contribution in [-0.4, -0.2) is 57.4 Å². The number of halogens is 1. The van der Waals surface area contributed by atoms with Crippen LogP contribution in [0.3, 0.4) is 0 Å². The summed E-state index contributed by atoms with van der Waals surface area (Å²) < 4.78 is 20.4. The molecule has 1 fully saturated rings. The van der Waals surface area contributed by atoms with Crippen molar-refractivity contribution in [2.75, 3.05) is 36.9 Å². The molecule has 6 rings (SSSR count). The monoisotopic (exact) mass is 550 g/mol. The van der Waals surface area contributed by atoms with Crippen molar-refractivity contribution in [2.45, 2.75) is 6.42 Å². The van der Waals surface area contributed by atoms with Gasteiger partial charge < -0.3 is 24.7 Å². The van der Waals surface area contributed by atoms with Crippen molar-refractivity contribution < 1.29 is 18.7 Å². The number of imidazole rings is 1. The number of nitrogens with one attached hydrogen (secondary N) is 2. The Bertz CT molecular complexity index is 1700. The number of amides is 2. The zero-order chi connectivity index (χ0) is 28.2. The second-order valence-electron chi connectivity index (χ2n) is 9.69. The van der Waals surface area contributed by atoms with Gasteiger partial charge in [-0.1, -0.05) is 24.3 Å². The lowest BCUT2D eigenvalue weighted by Gasteiger charge is -2.26. The summed E-state index contributed by atoms with van der Waals surface area (Å²) in [5.41, 5.74) is 5.21. The minimum absolute atomic E-state index is 0.0591. The molecule has 4 heterocycles. The molecule has 2 aromatic carbocycles. The minimum Gasteiger partial charge on any atom is -0.378 e. The number of carbonyl (C=O) groups excluding carboxylic acids is 2. The standard InChI is InChI=1S/C31H27FN6O3/c32-25-5-7-26(8-6-25)35-29(39)17-21-2-1-3-22(16-21)24-18-27(30-33-10-11-38(30)20-24)36-28-9-4-23(19-34-28)31(40)37-12-14-41-15-13-37/h1-11,16,18-20H,12-15,17H2,(H,34,36)(H,35,39). The third-order valence-corrected chi connectivity index (χ3v) is 6.81. The Labute approximate surface area is 235 Å². The zero-order valence-electron chi connectivity index (χ0n) is 22.1. The predicted octanol–water partition coefficient (Wildman–Crippen LogP) is 4.93. The fraction of sp³-hybridized carbons (Fsp3) is 0.161. The Morgan fingerprint density at radius 1 is 0.951 bits per heavy atom. The van der Waals surface area contributed by atoms with Crippen molar-refractivity contribution in [1.29, 1.82) is 0 Å². The third-order valence-electron chi connectivity index (χ3n) is 6.81. The molecule has 206 valence electrons. The highest BCUT2D eigenvalue weighted by Crippen LogP contribution is 2.28. The van der Waals surface area contributed by atoms with Gasteiger partial charge in [0.15, 0.2) is 5.65 Å². The molecule has 1 saturated heterocycles. The molecule has 0 aliphatic carbocycles. The first-order valence-corrected chi connectivity index (χ1v) is 13.2. The average Bonchev–Trinajstić information content (AvgIpc) is 3.48. The van der Waals surface area contributed by atoms with E-state index in [-0.39, 0.29) is 24.1 Å². The van der Waals surface area contributed by atoms with Gasteiger partial charge in [-0.05, 0) is 53.6 Å². The predicted molar refractivity (Wildman–Crippen MR) is 154 cm³/mol. The fourth-order valence-corrected chi connectivity index (χ4v) is 4.75. The third kappa shape index (κ3) is 6.07. The maximum absolute atomic E-state index is 13.2. The number of hydrogen-bond acceptors (Lipinski definition) is 6. The van der Waals surface area contributed by atoms with Crippen LogP contribution < -0.4 is 10.6 Å². The topological polar surface area (TPSA) is 101 Å². The molecule has 0 atom stereocenters. The molecule has 1 aliphatic heterocycles. The van der Waals surface area contributed by atoms with Crippen LogP contribution >= 0.6 is 0 Å². The molecule has 2 N–H and O–H groups in total. The van der Waals surface area contributed by atoms with Crippen LogP contribution in [0.2, 0.25) is 0 Å². The van der Waals surface area contributed by atoms with Gasteiger partial charge in [0.25, 0.3) is 5.91 Å². The van der Waals surface area contributed by atoms with Crippen molar-refractivity contribution in [1.82, 2.24) is 19.3 Å². The van der Waals surface area contributed by atoms with Crippen LogP contribution in [0.25, 0.3) is 16.8 Å². The largest absolute Gasteiger partial charge is 0.378 e. The number of rotatable bonds is 7. The number of carbonyl (C=O) groups is 2. The van der Waals surface area contributed by atoms with E-state index in [1.165, 1.54) is 24.3 Å². The normalized spacial score (nSPS) is 13.2. The van der Waals surface area contributed by atoms with Gasteiger partial charge in [0.2, 0.25) is 5.91 Å². The molecule has 2 amide bonds. The van der Waals surface area contributed by atoms with Crippen molar-refractivity contribution in [2.24, 2.45) is 0 Å². The number of ether oxygens (including phenoxy) is 1. The summed E-state index contributed by atoms with van der Waals surface area (Å²) in [6.45, 7) is 2.23. The summed E-state index contributed by atoms with van der Waals surface area (Å²) in [4.78, 5) is 36.1. The molecule has 0 spiro atoms. The Hall–Kier alpha value is -5.09. The second kappa shape index (κ2) is 11.6. The second-order valence-corrected chi connectivity index (χ2v) is 9.69. The number of anilines is 3. The van der Waals surface area contributed by atoms with E-state index in [0.717, 1.165) is 28.0 Å². The van der Waals surface area contributed by atoms with E-state index >= 15 is 0 Å². The zero-order valence-corrected chi connectivity index (χ0v) is 22.1. The Kier molecular flexibility index (Phi) is 7.38. The van der Waals surface area contributed by atoms with Gasteiger partial charge in [-0.15, -0.1) is 0 Å². The Morgan fingerprint density at radius 2 is 1.78 bits per heavy atom. The van der Waals surface area contributed by atoms with Crippen LogP contribution in [0.1, 0.15) is 15.9 Å². The van der Waals surface area contributed by atoms with Gasteiger partial charge in [-0.3, -0.25) is 9.59 Å². The lowest BCUT2D eigenvalue weighted by molar-refractivity contribution is -0.115. The first-order valence-electron chi connectivity index (χ1n) is 13.2. The van der Waals surface area contributed by atoms with E-state index < -0.39 is 0 Å². The smallest absolute Gasteiger partial charge is 0.255 e. The van der Waals surface area contributed by atoms with Crippen molar-refractivity contribution >= 4 is 34.7 Å². The number of hydrogen-bond donors (Lipinski definition) is 2. The minimum atomic E-state index is -0.355. The van der Waals surface area contributed by atoms with E-state index in [2.05, 4.69) is 20.6 Å². The lowest BCUT2D eigenvalue weighted by atomic mass is 10.0. The van der Waals surface area contributed by atoms with Crippen LogP contribution in [-0.2, 0) is 16.0 Å². The highest BCUT2D eigenvalue weighted by atomic mass is 19.1. The highest BCUT2D eigenvalue weighted by Gasteiger charge is 2.19. The van der Waals surface area contributed by atoms with E-state index in [1.807, 2.05) is 47.1 Å². The number of pyridine rings is 2. The summed E-state index contributed by atoms with van der Waals surface area (Å²) >= 11 is 0. The molecule has 3 aromatic heterocycles. The molecule has 9 nitrogen and oxygen atoms in total. The van der Waals surface area contributed by atoms with Gasteiger partial charge in [0.1, 0.15) is 11.6 Å². The fourth-order valence-electron chi connectivity index (χ4n) is 4.75. The number of nitrogens with zero attached hydrogens (tertiary/aromatic N) is 4. The van der Waals surface area contributed by atoms with Crippen molar-refractivity contribution in [3.63, 3.8) is 0 Å². The molecule has 5 aromatic rings. The van der Waals surface area contributed by atoms with Gasteiger partial charge in [0.05, 0.1) is 30.9 Å². The quantitative estimate of drug-likeness (QED) is 0.298. The molecule has 0 saturated carbocycles. The molecule has 0 bridgehead atoms. The molecular weight excluding hydrogens is 523 g/mol. The number of aromatic nitrogens is 3.